The second-order valence-electron chi connectivity index (χ2n) is 8.35. The standard InChI is InChI=1S/C20H32N6O6/c1-11(2)6-13(21)19(30)26-5-3-4-16(26)18(29)25-15(9-27)17(28)24-14(20(31)32)7-12-8-22-10-23-12/h8,10-11,13-16,27H,3-7,9,21H2,1-2H3,(H,22,23)(H,24,28)(H,25,29)(H,31,32). The summed E-state index contributed by atoms with van der Waals surface area (Å²) in [5.74, 6) is -2.83. The largest absolute Gasteiger partial charge is 0.480 e. The molecule has 178 valence electrons. The van der Waals surface area contributed by atoms with E-state index in [-0.39, 0.29) is 18.2 Å². The summed E-state index contributed by atoms with van der Waals surface area (Å²) in [5.41, 5.74) is 6.49. The van der Waals surface area contributed by atoms with Crippen LogP contribution in [0.5, 0.6) is 0 Å². The number of hydrogen-bond donors (Lipinski definition) is 6. The lowest BCUT2D eigenvalue weighted by Gasteiger charge is -2.28. The van der Waals surface area contributed by atoms with E-state index in [2.05, 4.69) is 20.6 Å². The molecule has 12 heteroatoms. The Kier molecular flexibility index (Phi) is 9.14. The van der Waals surface area contributed by atoms with Crippen molar-refractivity contribution in [2.75, 3.05) is 13.2 Å². The van der Waals surface area contributed by atoms with Gasteiger partial charge in [-0.3, -0.25) is 14.4 Å². The number of likely N-dealkylation sites (tertiary alicyclic amines) is 1. The number of aromatic nitrogens is 2. The Balaban J connectivity index is 2.00. The molecule has 1 aliphatic rings. The van der Waals surface area contributed by atoms with Gasteiger partial charge in [-0.05, 0) is 25.2 Å². The molecule has 0 spiro atoms. The van der Waals surface area contributed by atoms with Crippen molar-refractivity contribution in [1.29, 1.82) is 0 Å². The molecule has 0 radical (unpaired) electrons. The first-order valence-electron chi connectivity index (χ1n) is 10.6. The number of nitrogens with zero attached hydrogens (tertiary/aromatic N) is 2. The number of aliphatic hydroxyl groups excluding tert-OH is 1. The lowest BCUT2D eigenvalue weighted by molar-refractivity contribution is -0.143. The van der Waals surface area contributed by atoms with Crippen molar-refractivity contribution in [3.63, 3.8) is 0 Å². The van der Waals surface area contributed by atoms with Crippen molar-refractivity contribution in [3.8, 4) is 0 Å². The average Bonchev–Trinajstić information content (AvgIpc) is 3.41. The maximum Gasteiger partial charge on any atom is 0.326 e. The maximum atomic E-state index is 12.8. The summed E-state index contributed by atoms with van der Waals surface area (Å²) in [6, 6.07) is -4.18. The molecule has 32 heavy (non-hydrogen) atoms. The molecule has 4 atom stereocenters. The van der Waals surface area contributed by atoms with Gasteiger partial charge in [-0.1, -0.05) is 13.8 Å². The molecule has 0 aliphatic carbocycles. The highest BCUT2D eigenvalue weighted by atomic mass is 16.4. The first-order valence-corrected chi connectivity index (χ1v) is 10.6. The monoisotopic (exact) mass is 452 g/mol. The summed E-state index contributed by atoms with van der Waals surface area (Å²) in [6.45, 7) is 3.54. The zero-order valence-electron chi connectivity index (χ0n) is 18.3. The van der Waals surface area contributed by atoms with Crippen LogP contribution in [0.2, 0.25) is 0 Å². The van der Waals surface area contributed by atoms with Crippen LogP contribution >= 0.6 is 0 Å². The van der Waals surface area contributed by atoms with E-state index in [1.54, 1.807) is 0 Å². The molecule has 0 bridgehead atoms. The van der Waals surface area contributed by atoms with Crippen LogP contribution in [-0.4, -0.2) is 86.1 Å². The third-order valence-corrected chi connectivity index (χ3v) is 5.29. The zero-order valence-corrected chi connectivity index (χ0v) is 18.3. The minimum Gasteiger partial charge on any atom is -0.480 e. The number of amides is 3. The number of aromatic amines is 1. The number of carboxylic acids is 1. The Labute approximate surface area is 185 Å². The van der Waals surface area contributed by atoms with E-state index in [1.165, 1.54) is 17.4 Å². The number of imidazole rings is 1. The Morgan fingerprint density at radius 2 is 2.00 bits per heavy atom. The summed E-state index contributed by atoms with van der Waals surface area (Å²) in [4.78, 5) is 57.5. The number of nitrogens with two attached hydrogens (primary N) is 1. The average molecular weight is 453 g/mol. The third-order valence-electron chi connectivity index (χ3n) is 5.29. The molecule has 1 aromatic rings. The number of aliphatic carboxylic acids is 1. The fraction of sp³-hybridized carbons (Fsp3) is 0.650. The molecule has 2 heterocycles. The van der Waals surface area contributed by atoms with Gasteiger partial charge in [-0.15, -0.1) is 0 Å². The van der Waals surface area contributed by atoms with Crippen molar-refractivity contribution in [3.05, 3.63) is 18.2 Å². The van der Waals surface area contributed by atoms with E-state index in [0.717, 1.165) is 0 Å². The van der Waals surface area contributed by atoms with Crippen LogP contribution < -0.4 is 16.4 Å². The lowest BCUT2D eigenvalue weighted by atomic mass is 10.0. The molecule has 7 N–H and O–H groups in total. The molecule has 2 rings (SSSR count). The van der Waals surface area contributed by atoms with Gasteiger partial charge in [0.2, 0.25) is 17.7 Å². The number of carbonyl (C=O) groups is 4. The number of H-pyrrole nitrogens is 1. The molecule has 1 fully saturated rings. The van der Waals surface area contributed by atoms with Crippen molar-refractivity contribution in [1.82, 2.24) is 25.5 Å². The van der Waals surface area contributed by atoms with Crippen LogP contribution in [0.3, 0.4) is 0 Å². The molecule has 12 nitrogen and oxygen atoms in total. The van der Waals surface area contributed by atoms with Crippen LogP contribution in [0.1, 0.15) is 38.8 Å². The second-order valence-corrected chi connectivity index (χ2v) is 8.35. The number of rotatable bonds is 11. The first-order chi connectivity index (χ1) is 15.1. The zero-order chi connectivity index (χ0) is 23.8. The Hall–Kier alpha value is -2.99. The highest BCUT2D eigenvalue weighted by Crippen LogP contribution is 2.20. The Morgan fingerprint density at radius 1 is 1.28 bits per heavy atom. The van der Waals surface area contributed by atoms with E-state index >= 15 is 0 Å². The SMILES string of the molecule is CC(C)CC(N)C(=O)N1CCCC1C(=O)NC(CO)C(=O)NC(Cc1cnc[nH]1)C(=O)O. The van der Waals surface area contributed by atoms with E-state index in [9.17, 15) is 29.4 Å². The molecule has 0 aromatic carbocycles. The predicted molar refractivity (Wildman–Crippen MR) is 113 cm³/mol. The van der Waals surface area contributed by atoms with E-state index in [4.69, 9.17) is 5.73 Å². The van der Waals surface area contributed by atoms with Gasteiger partial charge in [-0.25, -0.2) is 9.78 Å². The van der Waals surface area contributed by atoms with Crippen molar-refractivity contribution >= 4 is 23.7 Å². The fourth-order valence-electron chi connectivity index (χ4n) is 3.68. The smallest absolute Gasteiger partial charge is 0.326 e. The summed E-state index contributed by atoms with van der Waals surface area (Å²) in [6.07, 6.45) is 4.27. The van der Waals surface area contributed by atoms with Gasteiger partial charge in [-0.2, -0.15) is 0 Å². The number of carbonyl (C=O) groups excluding carboxylic acids is 3. The minimum atomic E-state index is -1.37. The minimum absolute atomic E-state index is 0.0498. The van der Waals surface area contributed by atoms with Crippen molar-refractivity contribution in [2.45, 2.75) is 63.7 Å². The van der Waals surface area contributed by atoms with Crippen LogP contribution in [0.25, 0.3) is 0 Å². The highest BCUT2D eigenvalue weighted by Gasteiger charge is 2.38. The number of hydrogen-bond acceptors (Lipinski definition) is 7. The molecule has 4 unspecified atom stereocenters. The summed E-state index contributed by atoms with van der Waals surface area (Å²) in [7, 11) is 0. The topological polar surface area (TPSA) is 191 Å². The first kappa shape index (κ1) is 25.3. The number of aliphatic hydroxyl groups is 1. The normalized spacial score (nSPS) is 18.8. The molecule has 1 saturated heterocycles. The van der Waals surface area contributed by atoms with Crippen molar-refractivity contribution in [2.24, 2.45) is 11.7 Å². The third kappa shape index (κ3) is 6.76. The quantitative estimate of drug-likeness (QED) is 0.230. The molecular weight excluding hydrogens is 420 g/mol. The molecular formula is C20H32N6O6. The van der Waals surface area contributed by atoms with Gasteiger partial charge >= 0.3 is 5.97 Å². The van der Waals surface area contributed by atoms with Crippen LogP contribution in [-0.2, 0) is 25.6 Å². The van der Waals surface area contributed by atoms with Gasteiger partial charge in [0.1, 0.15) is 18.1 Å². The second kappa shape index (κ2) is 11.6. The molecule has 1 aromatic heterocycles. The molecule has 1 aliphatic heterocycles. The van der Waals surface area contributed by atoms with Crippen LogP contribution in [0.15, 0.2) is 12.5 Å². The van der Waals surface area contributed by atoms with Gasteiger partial charge in [0.15, 0.2) is 0 Å². The van der Waals surface area contributed by atoms with Gasteiger partial charge < -0.3 is 36.5 Å². The molecule has 0 saturated carbocycles. The van der Waals surface area contributed by atoms with Crippen LogP contribution in [0.4, 0.5) is 0 Å². The van der Waals surface area contributed by atoms with E-state index < -0.39 is 48.6 Å². The highest BCUT2D eigenvalue weighted by molar-refractivity contribution is 5.94. The van der Waals surface area contributed by atoms with Crippen molar-refractivity contribution < 1.29 is 29.4 Å². The Morgan fingerprint density at radius 3 is 2.56 bits per heavy atom. The van der Waals surface area contributed by atoms with Gasteiger partial charge in [0.25, 0.3) is 0 Å². The summed E-state index contributed by atoms with van der Waals surface area (Å²) in [5, 5.41) is 23.7. The van der Waals surface area contributed by atoms with Crippen LogP contribution in [0, 0.1) is 5.92 Å². The number of carboxylic acid groups (broad SMARTS) is 1. The van der Waals surface area contributed by atoms with Gasteiger partial charge in [0, 0.05) is 24.9 Å². The summed E-state index contributed by atoms with van der Waals surface area (Å²) >= 11 is 0. The fourth-order valence-corrected chi connectivity index (χ4v) is 3.68. The number of nitrogens with one attached hydrogen (secondary N) is 3. The van der Waals surface area contributed by atoms with Gasteiger partial charge in [0.05, 0.1) is 19.0 Å². The van der Waals surface area contributed by atoms with E-state index in [1.807, 2.05) is 13.8 Å². The van der Waals surface area contributed by atoms with E-state index in [0.29, 0.717) is 31.5 Å². The molecule has 3 amide bonds. The predicted octanol–water partition coefficient (Wildman–Crippen LogP) is -1.64. The summed E-state index contributed by atoms with van der Waals surface area (Å²) < 4.78 is 0. The lowest BCUT2D eigenvalue weighted by Crippen LogP contribution is -2.57. The maximum absolute atomic E-state index is 12.8. The Bertz CT molecular complexity index is 799.